The Balaban J connectivity index is 1.74. The molecule has 2 saturated carbocycles. The van der Waals surface area contributed by atoms with E-state index in [4.69, 9.17) is 26.0 Å². The number of hydrogen-bond donors (Lipinski definition) is 2. The van der Waals surface area contributed by atoms with Gasteiger partial charge in [0.05, 0.1) is 28.9 Å². The Kier molecular flexibility index (Phi) is 8.83. The van der Waals surface area contributed by atoms with Crippen LogP contribution in [0.4, 0.5) is 4.79 Å². The Bertz CT molecular complexity index is 831. The number of nitrogens with two attached hydrogens (primary N) is 2. The Morgan fingerprint density at radius 3 is 2.48 bits per heavy atom. The van der Waals surface area contributed by atoms with Gasteiger partial charge in [0.2, 0.25) is 0 Å². The number of rotatable bonds is 10. The monoisotopic (exact) mass is 459 g/mol. The van der Waals surface area contributed by atoms with Crippen LogP contribution in [0, 0.1) is 5.92 Å². The molecule has 1 heterocycles. The minimum Gasteiger partial charge on any atom is -0.489 e. The van der Waals surface area contributed by atoms with E-state index >= 15 is 0 Å². The fourth-order valence-electron chi connectivity index (χ4n) is 4.15. The number of carbonyl (C=O) groups is 1. The molecule has 0 radical (unpaired) electrons. The predicted octanol–water partition coefficient (Wildman–Crippen LogP) is 4.22. The van der Waals surface area contributed by atoms with Crippen LogP contribution in [0.1, 0.15) is 82.5 Å². The van der Waals surface area contributed by atoms with Gasteiger partial charge in [-0.05, 0) is 56.6 Å². The van der Waals surface area contributed by atoms with Crippen LogP contribution >= 0.6 is 0 Å². The van der Waals surface area contributed by atoms with Gasteiger partial charge in [-0.25, -0.2) is 15.6 Å². The Labute approximate surface area is 198 Å². The highest BCUT2D eigenvalue weighted by Gasteiger charge is 2.30. The number of aromatic nitrogens is 1. The largest absolute Gasteiger partial charge is 0.489 e. The van der Waals surface area contributed by atoms with E-state index in [1.54, 1.807) is 19.0 Å². The Hall–Kier alpha value is -2.48. The van der Waals surface area contributed by atoms with E-state index in [2.05, 4.69) is 13.8 Å². The SMILES string of the molecule is CC[C@H](C)CN(C)C(=O)OC/C(=C(/N)c1ccc(OC2CCCCC2)c(C2CC2)n1)N(C)N. The molecular formula is C25H41N5O3. The van der Waals surface area contributed by atoms with Crippen molar-refractivity contribution in [1.82, 2.24) is 14.9 Å². The van der Waals surface area contributed by atoms with Crippen molar-refractivity contribution >= 4 is 11.8 Å². The molecule has 33 heavy (non-hydrogen) atoms. The van der Waals surface area contributed by atoms with Gasteiger partial charge >= 0.3 is 6.09 Å². The van der Waals surface area contributed by atoms with Gasteiger partial charge in [0.15, 0.2) is 0 Å². The van der Waals surface area contributed by atoms with Crippen LogP contribution in [0.2, 0.25) is 0 Å². The van der Waals surface area contributed by atoms with Crippen molar-refractivity contribution in [2.45, 2.75) is 77.2 Å². The first-order valence-electron chi connectivity index (χ1n) is 12.3. The topological polar surface area (TPSA) is 107 Å². The van der Waals surface area contributed by atoms with Crippen molar-refractivity contribution in [2.24, 2.45) is 17.5 Å². The summed E-state index contributed by atoms with van der Waals surface area (Å²) in [6.07, 6.45) is 9.05. The highest BCUT2D eigenvalue weighted by molar-refractivity contribution is 5.68. The van der Waals surface area contributed by atoms with Crippen LogP contribution < -0.4 is 16.3 Å². The van der Waals surface area contributed by atoms with Gasteiger partial charge in [-0.15, -0.1) is 0 Å². The lowest BCUT2D eigenvalue weighted by molar-refractivity contribution is 0.108. The second-order valence-corrected chi connectivity index (χ2v) is 9.65. The molecule has 4 N–H and O–H groups in total. The van der Waals surface area contributed by atoms with E-state index in [0.717, 1.165) is 43.5 Å². The normalized spacial score (nSPS) is 18.3. The van der Waals surface area contributed by atoms with Crippen molar-refractivity contribution in [2.75, 3.05) is 27.2 Å². The van der Waals surface area contributed by atoms with Crippen LogP contribution in [0.25, 0.3) is 5.70 Å². The summed E-state index contributed by atoms with van der Waals surface area (Å²) in [6.45, 7) is 4.81. The molecule has 0 spiro atoms. The van der Waals surface area contributed by atoms with Crippen LogP contribution in [-0.2, 0) is 4.74 Å². The van der Waals surface area contributed by atoms with E-state index in [0.29, 0.717) is 35.5 Å². The van der Waals surface area contributed by atoms with Crippen LogP contribution in [0.3, 0.4) is 0 Å². The quantitative estimate of drug-likeness (QED) is 0.398. The van der Waals surface area contributed by atoms with Crippen molar-refractivity contribution in [3.63, 3.8) is 0 Å². The van der Waals surface area contributed by atoms with Gasteiger partial charge < -0.3 is 25.1 Å². The zero-order chi connectivity index (χ0) is 24.0. The third-order valence-electron chi connectivity index (χ3n) is 6.63. The lowest BCUT2D eigenvalue weighted by Crippen LogP contribution is -2.35. The summed E-state index contributed by atoms with van der Waals surface area (Å²) in [5, 5.41) is 1.39. The first kappa shape index (κ1) is 25.1. The molecule has 1 aromatic rings. The average Bonchev–Trinajstić information content (AvgIpc) is 3.65. The molecule has 2 fully saturated rings. The predicted molar refractivity (Wildman–Crippen MR) is 130 cm³/mol. The van der Waals surface area contributed by atoms with Crippen molar-refractivity contribution in [3.8, 4) is 5.75 Å². The lowest BCUT2D eigenvalue weighted by atomic mass is 9.98. The zero-order valence-corrected chi connectivity index (χ0v) is 20.7. The molecule has 8 nitrogen and oxygen atoms in total. The van der Waals surface area contributed by atoms with E-state index in [9.17, 15) is 4.79 Å². The molecule has 2 aliphatic carbocycles. The molecular weight excluding hydrogens is 418 g/mol. The van der Waals surface area contributed by atoms with Crippen molar-refractivity contribution in [3.05, 3.63) is 29.2 Å². The van der Waals surface area contributed by atoms with Crippen LogP contribution in [-0.4, -0.2) is 54.3 Å². The standard InChI is InChI=1S/C25H41N5O3/c1-5-17(2)15-29(3)25(31)32-16-21(30(4)27)23(26)20-13-14-22(24(28-20)18-11-12-18)33-19-9-7-6-8-10-19/h13-14,17-19H,5-12,15-16,26-27H2,1-4H3/b23-21-/t17-/m0/s1. The van der Waals surface area contributed by atoms with Gasteiger partial charge in [0, 0.05) is 26.6 Å². The molecule has 1 amide bonds. The highest BCUT2D eigenvalue weighted by atomic mass is 16.6. The number of nitrogens with zero attached hydrogens (tertiary/aromatic N) is 3. The summed E-state index contributed by atoms with van der Waals surface area (Å²) >= 11 is 0. The van der Waals surface area contributed by atoms with Crippen LogP contribution in [0.15, 0.2) is 17.8 Å². The maximum absolute atomic E-state index is 12.4. The third-order valence-corrected chi connectivity index (χ3v) is 6.63. The molecule has 2 aliphatic rings. The number of ether oxygens (including phenoxy) is 2. The third kappa shape index (κ3) is 7.00. The number of hydrazine groups is 1. The first-order valence-corrected chi connectivity index (χ1v) is 12.3. The maximum Gasteiger partial charge on any atom is 0.409 e. The molecule has 1 aromatic heterocycles. The second kappa shape index (κ2) is 11.6. The molecule has 0 saturated heterocycles. The molecule has 8 heteroatoms. The van der Waals surface area contributed by atoms with E-state index in [1.165, 1.54) is 24.3 Å². The van der Waals surface area contributed by atoms with Crippen molar-refractivity contribution < 1.29 is 14.3 Å². The van der Waals surface area contributed by atoms with E-state index in [1.807, 2.05) is 12.1 Å². The van der Waals surface area contributed by atoms with Crippen LogP contribution in [0.5, 0.6) is 5.75 Å². The van der Waals surface area contributed by atoms with Gasteiger partial charge in [-0.1, -0.05) is 26.7 Å². The van der Waals surface area contributed by atoms with E-state index < -0.39 is 6.09 Å². The van der Waals surface area contributed by atoms with Gasteiger partial charge in [-0.2, -0.15) is 0 Å². The number of pyridine rings is 1. The number of likely N-dealkylation sites (N-methyl/N-ethyl adjacent to an activating group) is 1. The summed E-state index contributed by atoms with van der Waals surface area (Å²) in [6, 6.07) is 3.86. The Morgan fingerprint density at radius 1 is 1.18 bits per heavy atom. The minimum absolute atomic E-state index is 0.0245. The zero-order valence-electron chi connectivity index (χ0n) is 20.7. The highest BCUT2D eigenvalue weighted by Crippen LogP contribution is 2.44. The molecule has 0 bridgehead atoms. The van der Waals surface area contributed by atoms with Gasteiger partial charge in [0.1, 0.15) is 12.4 Å². The molecule has 0 aromatic carbocycles. The first-order chi connectivity index (χ1) is 15.8. The molecule has 1 atom stereocenters. The number of carbonyl (C=O) groups excluding carboxylic acids is 1. The maximum atomic E-state index is 12.4. The lowest BCUT2D eigenvalue weighted by Gasteiger charge is -2.25. The van der Waals surface area contributed by atoms with Gasteiger partial charge in [-0.3, -0.25) is 0 Å². The molecule has 0 aliphatic heterocycles. The van der Waals surface area contributed by atoms with Gasteiger partial charge in [0.25, 0.3) is 0 Å². The minimum atomic E-state index is -0.398. The fraction of sp³-hybridized carbons (Fsp3) is 0.680. The summed E-state index contributed by atoms with van der Waals surface area (Å²) < 4.78 is 11.9. The summed E-state index contributed by atoms with van der Waals surface area (Å²) in [7, 11) is 3.42. The summed E-state index contributed by atoms with van der Waals surface area (Å²) in [4.78, 5) is 18.9. The smallest absolute Gasteiger partial charge is 0.409 e. The fourth-order valence-corrected chi connectivity index (χ4v) is 4.15. The van der Waals surface area contributed by atoms with Crippen molar-refractivity contribution in [1.29, 1.82) is 0 Å². The molecule has 3 rings (SSSR count). The van der Waals surface area contributed by atoms with E-state index in [-0.39, 0.29) is 12.7 Å². The second-order valence-electron chi connectivity index (χ2n) is 9.65. The molecule has 0 unspecified atom stereocenters. The number of amides is 1. The number of hydrogen-bond acceptors (Lipinski definition) is 7. The molecule has 184 valence electrons. The summed E-state index contributed by atoms with van der Waals surface area (Å²) in [5.41, 5.74) is 9.00. The average molecular weight is 460 g/mol. The Morgan fingerprint density at radius 2 is 1.88 bits per heavy atom. The summed E-state index contributed by atoms with van der Waals surface area (Å²) in [5.74, 6) is 7.74.